The Hall–Kier alpha value is -3.56. The van der Waals surface area contributed by atoms with E-state index in [0.29, 0.717) is 0 Å². The van der Waals surface area contributed by atoms with E-state index in [4.69, 9.17) is 5.39 Å². The molecule has 0 bridgehead atoms. The largest absolute Gasteiger partial charge is 0.501 e. The van der Waals surface area contributed by atoms with Crippen molar-refractivity contribution < 1.29 is 5.11 Å². The molecule has 0 aliphatic heterocycles. The van der Waals surface area contributed by atoms with Crippen LogP contribution in [0.1, 0.15) is 31.7 Å². The van der Waals surface area contributed by atoms with Gasteiger partial charge in [0, 0.05) is 23.6 Å². The molecule has 3 aromatic rings. The lowest BCUT2D eigenvalue weighted by Crippen LogP contribution is -1.91. The van der Waals surface area contributed by atoms with Gasteiger partial charge in [-0.1, -0.05) is 60.4 Å². The third kappa shape index (κ3) is 3.05. The quantitative estimate of drug-likeness (QED) is 0.236. The molecule has 1 aliphatic rings. The Morgan fingerprint density at radius 2 is 1.59 bits per heavy atom. The molecule has 0 radical (unpaired) electrons. The van der Waals surface area contributed by atoms with Gasteiger partial charge in [0.2, 0.25) is 11.2 Å². The van der Waals surface area contributed by atoms with Crippen LogP contribution in [-0.2, 0) is 0 Å². The molecule has 0 spiro atoms. The molecule has 27 heavy (non-hydrogen) atoms. The standard InChI is InChI=1S/C24H18N2O/c1-16(26-25)24(27)22-12-6-9-17(22)13-14-23-20-10-4-2-7-18(20)15-19-8-3-5-11-21(19)23/h2-5,7-8,10-11,15H,6,9,12H2,1H3/p+1/b24-16-. The van der Waals surface area contributed by atoms with Gasteiger partial charge in [-0.3, -0.25) is 0 Å². The van der Waals surface area contributed by atoms with Crippen LogP contribution in [-0.4, -0.2) is 5.11 Å². The van der Waals surface area contributed by atoms with Crippen molar-refractivity contribution in [1.82, 2.24) is 0 Å². The Kier molecular flexibility index (Phi) is 4.37. The van der Waals surface area contributed by atoms with Gasteiger partial charge in [0.15, 0.2) is 4.98 Å². The van der Waals surface area contributed by atoms with Crippen LogP contribution >= 0.6 is 0 Å². The molecule has 1 aliphatic carbocycles. The Morgan fingerprint density at radius 3 is 2.22 bits per heavy atom. The zero-order valence-corrected chi connectivity index (χ0v) is 15.2. The van der Waals surface area contributed by atoms with E-state index in [-0.39, 0.29) is 11.5 Å². The number of diazo groups is 1. The van der Waals surface area contributed by atoms with Crippen LogP contribution in [0.2, 0.25) is 0 Å². The summed E-state index contributed by atoms with van der Waals surface area (Å²) in [5.41, 5.74) is 2.95. The molecule has 0 saturated carbocycles. The predicted octanol–water partition coefficient (Wildman–Crippen LogP) is 6.47. The first-order chi connectivity index (χ1) is 13.2. The van der Waals surface area contributed by atoms with Crippen LogP contribution in [0.3, 0.4) is 0 Å². The van der Waals surface area contributed by atoms with Gasteiger partial charge in [-0.2, -0.15) is 0 Å². The maximum Gasteiger partial charge on any atom is 0.399 e. The van der Waals surface area contributed by atoms with Crippen molar-refractivity contribution in [3.8, 4) is 11.8 Å². The highest BCUT2D eigenvalue weighted by Gasteiger charge is 2.23. The number of benzene rings is 3. The normalized spacial score (nSPS) is 14.7. The van der Waals surface area contributed by atoms with Crippen molar-refractivity contribution in [1.29, 1.82) is 5.39 Å². The number of rotatable bonds is 1. The van der Waals surface area contributed by atoms with Gasteiger partial charge in [-0.05, 0) is 46.9 Å². The molecule has 0 fully saturated rings. The van der Waals surface area contributed by atoms with E-state index in [2.05, 4.69) is 47.1 Å². The van der Waals surface area contributed by atoms with Crippen LogP contribution in [0.25, 0.3) is 26.5 Å². The zero-order chi connectivity index (χ0) is 18.8. The minimum atomic E-state index is 0.0436. The first kappa shape index (κ1) is 16.9. The summed E-state index contributed by atoms with van der Waals surface area (Å²) in [6.07, 6.45) is 2.52. The summed E-state index contributed by atoms with van der Waals surface area (Å²) in [6, 6.07) is 18.7. The summed E-state index contributed by atoms with van der Waals surface area (Å²) in [5.74, 6) is 6.73. The highest BCUT2D eigenvalue weighted by Crippen LogP contribution is 2.32. The van der Waals surface area contributed by atoms with E-state index >= 15 is 0 Å². The second kappa shape index (κ2) is 6.98. The second-order valence-corrected chi connectivity index (χ2v) is 6.79. The number of allylic oxidation sites excluding steroid dienone is 3. The molecule has 4 rings (SSSR count). The van der Waals surface area contributed by atoms with E-state index in [9.17, 15) is 5.11 Å². The average molecular weight is 351 g/mol. The van der Waals surface area contributed by atoms with Gasteiger partial charge in [0.05, 0.1) is 0 Å². The van der Waals surface area contributed by atoms with Crippen LogP contribution in [0.5, 0.6) is 0 Å². The lowest BCUT2D eigenvalue weighted by Gasteiger charge is -2.06. The van der Waals surface area contributed by atoms with E-state index in [1.165, 1.54) is 10.8 Å². The molecular weight excluding hydrogens is 332 g/mol. The Balaban J connectivity index is 1.93. The van der Waals surface area contributed by atoms with Gasteiger partial charge < -0.3 is 5.11 Å². The van der Waals surface area contributed by atoms with E-state index in [1.807, 2.05) is 24.3 Å². The van der Waals surface area contributed by atoms with E-state index in [1.54, 1.807) is 6.92 Å². The zero-order valence-electron chi connectivity index (χ0n) is 15.2. The molecule has 1 N–H and O–H groups in total. The predicted molar refractivity (Wildman–Crippen MR) is 110 cm³/mol. The Labute approximate surface area is 158 Å². The SMILES string of the molecule is C/C([N+]#N)=C(/O)C1=C(C#Cc2c3ccccc3cc3ccccc23)CCC1. The fourth-order valence-electron chi connectivity index (χ4n) is 3.70. The van der Waals surface area contributed by atoms with Gasteiger partial charge in [-0.15, -0.1) is 0 Å². The monoisotopic (exact) mass is 351 g/mol. The number of fused-ring (bicyclic) bond motifs is 2. The summed E-state index contributed by atoms with van der Waals surface area (Å²) < 4.78 is 0. The van der Waals surface area contributed by atoms with Crippen LogP contribution in [0, 0.1) is 17.2 Å². The Morgan fingerprint density at radius 1 is 0.963 bits per heavy atom. The van der Waals surface area contributed by atoms with Gasteiger partial charge in [-0.25, -0.2) is 0 Å². The van der Waals surface area contributed by atoms with Crippen molar-refractivity contribution in [3.63, 3.8) is 0 Å². The van der Waals surface area contributed by atoms with Crippen molar-refractivity contribution in [2.75, 3.05) is 0 Å². The summed E-state index contributed by atoms with van der Waals surface area (Å²) >= 11 is 0. The van der Waals surface area contributed by atoms with Crippen LogP contribution in [0.15, 0.2) is 77.2 Å². The smallest absolute Gasteiger partial charge is 0.399 e. The molecule has 0 saturated heterocycles. The molecule has 0 heterocycles. The minimum absolute atomic E-state index is 0.0436. The lowest BCUT2D eigenvalue weighted by molar-refractivity contribution is 0.415. The van der Waals surface area contributed by atoms with Gasteiger partial charge >= 0.3 is 5.70 Å². The molecule has 3 heteroatoms. The molecule has 3 nitrogen and oxygen atoms in total. The van der Waals surface area contributed by atoms with Crippen molar-refractivity contribution in [3.05, 3.63) is 87.7 Å². The molecule has 0 amide bonds. The summed E-state index contributed by atoms with van der Waals surface area (Å²) in [7, 11) is 0. The molecule has 3 aromatic carbocycles. The first-order valence-corrected chi connectivity index (χ1v) is 9.09. The molecule has 130 valence electrons. The van der Waals surface area contributed by atoms with E-state index in [0.717, 1.165) is 46.7 Å². The van der Waals surface area contributed by atoms with Crippen molar-refractivity contribution >= 4 is 21.5 Å². The van der Waals surface area contributed by atoms with Crippen LogP contribution in [0.4, 0.5) is 0 Å². The first-order valence-electron chi connectivity index (χ1n) is 9.09. The fraction of sp³-hybridized carbons (Fsp3) is 0.167. The number of hydrogen-bond acceptors (Lipinski definition) is 2. The van der Waals surface area contributed by atoms with Crippen molar-refractivity contribution in [2.45, 2.75) is 26.2 Å². The summed E-state index contributed by atoms with van der Waals surface area (Å²) in [5, 5.41) is 23.9. The van der Waals surface area contributed by atoms with Gasteiger partial charge in [0.25, 0.3) is 0 Å². The highest BCUT2D eigenvalue weighted by atomic mass is 16.3. The van der Waals surface area contributed by atoms with Gasteiger partial charge in [0.1, 0.15) is 0 Å². The number of hydrogen-bond donors (Lipinski definition) is 1. The average Bonchev–Trinajstić information content (AvgIpc) is 3.18. The summed E-state index contributed by atoms with van der Waals surface area (Å²) in [6.45, 7) is 1.59. The highest BCUT2D eigenvalue weighted by molar-refractivity contribution is 6.04. The van der Waals surface area contributed by atoms with Crippen molar-refractivity contribution in [2.24, 2.45) is 0 Å². The maximum absolute atomic E-state index is 10.3. The minimum Gasteiger partial charge on any atom is -0.501 e. The second-order valence-electron chi connectivity index (χ2n) is 6.79. The number of nitrogens with zero attached hydrogens (tertiary/aromatic N) is 2. The third-order valence-electron chi connectivity index (χ3n) is 5.11. The molecular formula is C24H19N2O+. The van der Waals surface area contributed by atoms with Crippen LogP contribution < -0.4 is 0 Å². The molecule has 0 aromatic heterocycles. The number of aliphatic hydroxyl groups excluding tert-OH is 1. The molecule has 0 atom stereocenters. The lowest BCUT2D eigenvalue weighted by atomic mass is 9.96. The molecule has 0 unspecified atom stereocenters. The maximum atomic E-state index is 10.3. The number of aliphatic hydroxyl groups is 1. The van der Waals surface area contributed by atoms with E-state index < -0.39 is 0 Å². The third-order valence-corrected chi connectivity index (χ3v) is 5.11. The fourth-order valence-corrected chi connectivity index (χ4v) is 3.70. The Bertz CT molecular complexity index is 1180. The topological polar surface area (TPSA) is 48.4 Å². The summed E-state index contributed by atoms with van der Waals surface area (Å²) in [4.78, 5) is 3.11.